The Balaban J connectivity index is 3.03. The molecule has 5 nitrogen and oxygen atoms in total. The monoisotopic (exact) mass is 225 g/mol. The SMILES string of the molecule is Cc1ccc(N=C(N)N=C(N)N)c(Cl)c1. The topological polar surface area (TPSA) is 103 Å². The van der Waals surface area contributed by atoms with E-state index in [9.17, 15) is 0 Å². The van der Waals surface area contributed by atoms with E-state index in [-0.39, 0.29) is 11.9 Å². The molecule has 0 spiro atoms. The summed E-state index contributed by atoms with van der Waals surface area (Å²) in [5.74, 6) is -0.166. The first kappa shape index (κ1) is 11.3. The fourth-order valence-electron chi connectivity index (χ4n) is 0.983. The second-order valence-corrected chi connectivity index (χ2v) is 3.37. The van der Waals surface area contributed by atoms with Gasteiger partial charge >= 0.3 is 0 Å². The summed E-state index contributed by atoms with van der Waals surface area (Å²) in [5, 5.41) is 0.503. The lowest BCUT2D eigenvalue weighted by Gasteiger charge is -2.00. The van der Waals surface area contributed by atoms with E-state index in [0.29, 0.717) is 10.7 Å². The highest BCUT2D eigenvalue weighted by Crippen LogP contribution is 2.25. The molecule has 0 aliphatic heterocycles. The number of nitrogens with zero attached hydrogens (tertiary/aromatic N) is 2. The van der Waals surface area contributed by atoms with Crippen molar-refractivity contribution in [3.05, 3.63) is 28.8 Å². The highest BCUT2D eigenvalue weighted by atomic mass is 35.5. The Labute approximate surface area is 92.6 Å². The smallest absolute Gasteiger partial charge is 0.223 e. The standard InChI is InChI=1S/C9H12ClN5/c1-5-2-3-7(6(10)4-5)14-9(13)15-8(11)12/h2-4H,1H3,(H6,11,12,13,14,15). The van der Waals surface area contributed by atoms with E-state index >= 15 is 0 Å². The Hall–Kier alpha value is -1.75. The number of hydrogen-bond acceptors (Lipinski definition) is 1. The molecule has 0 atom stereocenters. The molecule has 0 bridgehead atoms. The summed E-state index contributed by atoms with van der Waals surface area (Å²) in [5.41, 5.74) is 17.3. The van der Waals surface area contributed by atoms with Crippen molar-refractivity contribution in [2.75, 3.05) is 0 Å². The predicted octanol–water partition coefficient (Wildman–Crippen LogP) is 0.868. The molecule has 0 aromatic heterocycles. The van der Waals surface area contributed by atoms with Crippen LogP contribution in [0.25, 0.3) is 0 Å². The van der Waals surface area contributed by atoms with E-state index in [2.05, 4.69) is 9.98 Å². The minimum Gasteiger partial charge on any atom is -0.370 e. The van der Waals surface area contributed by atoms with Gasteiger partial charge in [-0.2, -0.15) is 4.99 Å². The largest absolute Gasteiger partial charge is 0.370 e. The van der Waals surface area contributed by atoms with Crippen molar-refractivity contribution in [3.63, 3.8) is 0 Å². The van der Waals surface area contributed by atoms with E-state index in [1.807, 2.05) is 13.0 Å². The normalized spacial score (nSPS) is 11.2. The lowest BCUT2D eigenvalue weighted by atomic mass is 10.2. The van der Waals surface area contributed by atoms with Crippen molar-refractivity contribution in [3.8, 4) is 0 Å². The molecule has 0 aliphatic carbocycles. The maximum absolute atomic E-state index is 5.94. The van der Waals surface area contributed by atoms with Gasteiger partial charge < -0.3 is 17.2 Å². The van der Waals surface area contributed by atoms with E-state index < -0.39 is 0 Å². The van der Waals surface area contributed by atoms with Crippen LogP contribution < -0.4 is 17.2 Å². The van der Waals surface area contributed by atoms with Crippen LogP contribution in [0.2, 0.25) is 5.02 Å². The molecule has 0 aliphatic rings. The van der Waals surface area contributed by atoms with Crippen molar-refractivity contribution in [1.82, 2.24) is 0 Å². The third-order valence-electron chi connectivity index (χ3n) is 1.58. The van der Waals surface area contributed by atoms with Crippen LogP contribution >= 0.6 is 11.6 Å². The molecular weight excluding hydrogens is 214 g/mol. The van der Waals surface area contributed by atoms with Crippen LogP contribution in [0, 0.1) is 6.92 Å². The van der Waals surface area contributed by atoms with Crippen molar-refractivity contribution >= 4 is 29.2 Å². The first-order valence-corrected chi connectivity index (χ1v) is 4.57. The fourth-order valence-corrected chi connectivity index (χ4v) is 1.26. The third-order valence-corrected chi connectivity index (χ3v) is 1.88. The Morgan fingerprint density at radius 3 is 2.47 bits per heavy atom. The highest BCUT2D eigenvalue weighted by molar-refractivity contribution is 6.33. The van der Waals surface area contributed by atoms with Gasteiger partial charge in [-0.1, -0.05) is 17.7 Å². The van der Waals surface area contributed by atoms with Gasteiger partial charge in [0.15, 0.2) is 5.96 Å². The maximum Gasteiger partial charge on any atom is 0.223 e. The summed E-state index contributed by atoms with van der Waals surface area (Å²) in [6.07, 6.45) is 0. The Kier molecular flexibility index (Phi) is 3.51. The van der Waals surface area contributed by atoms with Gasteiger partial charge in [0.25, 0.3) is 0 Å². The summed E-state index contributed by atoms with van der Waals surface area (Å²) in [6, 6.07) is 5.39. The van der Waals surface area contributed by atoms with Gasteiger partial charge in [-0.3, -0.25) is 0 Å². The van der Waals surface area contributed by atoms with Gasteiger partial charge in [0.05, 0.1) is 10.7 Å². The summed E-state index contributed by atoms with van der Waals surface area (Å²) >= 11 is 5.94. The number of aliphatic imine (C=N–C) groups is 2. The summed E-state index contributed by atoms with van der Waals surface area (Å²) < 4.78 is 0. The number of rotatable bonds is 1. The van der Waals surface area contributed by atoms with E-state index in [0.717, 1.165) is 5.56 Å². The van der Waals surface area contributed by atoms with Crippen molar-refractivity contribution < 1.29 is 0 Å². The molecule has 0 saturated heterocycles. The second kappa shape index (κ2) is 4.65. The van der Waals surface area contributed by atoms with Crippen LogP contribution in [0.5, 0.6) is 0 Å². The molecule has 6 heteroatoms. The number of nitrogens with two attached hydrogens (primary N) is 3. The van der Waals surface area contributed by atoms with Crippen molar-refractivity contribution in [1.29, 1.82) is 0 Å². The molecule has 0 radical (unpaired) electrons. The van der Waals surface area contributed by atoms with Gasteiger partial charge in [-0.05, 0) is 24.6 Å². The molecule has 0 heterocycles. The van der Waals surface area contributed by atoms with Crippen LogP contribution in [-0.2, 0) is 0 Å². The third kappa shape index (κ3) is 3.47. The molecular formula is C9H12ClN5. The van der Waals surface area contributed by atoms with Crippen molar-refractivity contribution in [2.24, 2.45) is 27.2 Å². The molecule has 1 aromatic carbocycles. The lowest BCUT2D eigenvalue weighted by molar-refractivity contribution is 1.37. The van der Waals surface area contributed by atoms with Crippen LogP contribution in [0.15, 0.2) is 28.2 Å². The molecule has 15 heavy (non-hydrogen) atoms. The molecule has 1 aromatic rings. The zero-order valence-electron chi connectivity index (χ0n) is 8.24. The first-order chi connectivity index (χ1) is 6.99. The second-order valence-electron chi connectivity index (χ2n) is 2.96. The van der Waals surface area contributed by atoms with Gasteiger partial charge in [0.1, 0.15) is 0 Å². The molecule has 0 fully saturated rings. The molecule has 1 rings (SSSR count). The number of aryl methyl sites for hydroxylation is 1. The van der Waals surface area contributed by atoms with Gasteiger partial charge in [0.2, 0.25) is 5.96 Å². The molecule has 0 unspecified atom stereocenters. The number of halogens is 1. The first-order valence-electron chi connectivity index (χ1n) is 4.19. The minimum absolute atomic E-state index is 0.0271. The van der Waals surface area contributed by atoms with Crippen molar-refractivity contribution in [2.45, 2.75) is 6.92 Å². The predicted molar refractivity (Wildman–Crippen MR) is 63.3 cm³/mol. The van der Waals surface area contributed by atoms with Gasteiger partial charge in [0, 0.05) is 0 Å². The van der Waals surface area contributed by atoms with Gasteiger partial charge in [-0.25, -0.2) is 4.99 Å². The number of hydrogen-bond donors (Lipinski definition) is 3. The minimum atomic E-state index is -0.139. The van der Waals surface area contributed by atoms with Crippen LogP contribution in [0.4, 0.5) is 5.69 Å². The zero-order chi connectivity index (χ0) is 11.4. The Morgan fingerprint density at radius 2 is 1.93 bits per heavy atom. The number of guanidine groups is 2. The quantitative estimate of drug-likeness (QED) is 0.488. The molecule has 80 valence electrons. The molecule has 0 saturated carbocycles. The molecule has 6 N–H and O–H groups in total. The average Bonchev–Trinajstić information content (AvgIpc) is 2.08. The van der Waals surface area contributed by atoms with Crippen LogP contribution in [0.1, 0.15) is 5.56 Å². The van der Waals surface area contributed by atoms with Crippen LogP contribution in [-0.4, -0.2) is 11.9 Å². The summed E-state index contributed by atoms with van der Waals surface area (Å²) in [7, 11) is 0. The summed E-state index contributed by atoms with van der Waals surface area (Å²) in [6.45, 7) is 1.93. The Morgan fingerprint density at radius 1 is 1.27 bits per heavy atom. The van der Waals surface area contributed by atoms with Crippen LogP contribution in [0.3, 0.4) is 0 Å². The highest BCUT2D eigenvalue weighted by Gasteiger charge is 1.99. The Bertz CT molecular complexity index is 421. The van der Waals surface area contributed by atoms with E-state index in [4.69, 9.17) is 28.8 Å². The average molecular weight is 226 g/mol. The molecule has 0 amide bonds. The van der Waals surface area contributed by atoms with Gasteiger partial charge in [-0.15, -0.1) is 0 Å². The van der Waals surface area contributed by atoms with E-state index in [1.54, 1.807) is 12.1 Å². The fraction of sp³-hybridized carbons (Fsp3) is 0.111. The maximum atomic E-state index is 5.94. The lowest BCUT2D eigenvalue weighted by Crippen LogP contribution is -2.26. The zero-order valence-corrected chi connectivity index (χ0v) is 8.99. The van der Waals surface area contributed by atoms with E-state index in [1.165, 1.54) is 0 Å². The summed E-state index contributed by atoms with van der Waals surface area (Å²) in [4.78, 5) is 7.53. The number of benzene rings is 1.